The van der Waals surface area contributed by atoms with Crippen LogP contribution in [0.5, 0.6) is 0 Å². The monoisotopic (exact) mass is 516 g/mol. The van der Waals surface area contributed by atoms with E-state index in [0.717, 1.165) is 4.88 Å². The minimum absolute atomic E-state index is 0.0608. The number of thiophene rings is 1. The molecule has 0 atom stereocenters. The summed E-state index contributed by atoms with van der Waals surface area (Å²) in [5.74, 6) is -0.321. The fraction of sp³-hybridized carbons (Fsp3) is 0.417. The van der Waals surface area contributed by atoms with Crippen LogP contribution >= 0.6 is 22.9 Å². The van der Waals surface area contributed by atoms with Gasteiger partial charge in [-0.15, -0.1) is 11.3 Å². The van der Waals surface area contributed by atoms with Gasteiger partial charge in [-0.25, -0.2) is 0 Å². The molecule has 0 aromatic carbocycles. The number of rotatable bonds is 9. The van der Waals surface area contributed by atoms with Gasteiger partial charge in [0.25, 0.3) is 11.5 Å². The SMILES string of the molecule is Cn1cccc(-c2cc(NCc3ccc(Cl)s3)n(C(=O)C3(COC(=O)C4(CO)CC4)CC3)n2)c1=O. The molecule has 184 valence electrons. The predicted molar refractivity (Wildman–Crippen MR) is 132 cm³/mol. The largest absolute Gasteiger partial charge is 0.464 e. The lowest BCUT2D eigenvalue weighted by Crippen LogP contribution is -2.32. The van der Waals surface area contributed by atoms with Crippen molar-refractivity contribution in [2.45, 2.75) is 32.2 Å². The minimum atomic E-state index is -0.866. The van der Waals surface area contributed by atoms with E-state index in [4.69, 9.17) is 16.3 Å². The number of ether oxygens (including phenoxy) is 1. The van der Waals surface area contributed by atoms with Gasteiger partial charge in [0, 0.05) is 24.2 Å². The van der Waals surface area contributed by atoms with Crippen molar-refractivity contribution in [2.24, 2.45) is 17.9 Å². The van der Waals surface area contributed by atoms with Crippen molar-refractivity contribution in [3.05, 3.63) is 56.1 Å². The first-order chi connectivity index (χ1) is 16.8. The number of carbonyl (C=O) groups excluding carboxylic acids is 2. The first-order valence-corrected chi connectivity index (χ1v) is 12.5. The number of nitrogens with zero attached hydrogens (tertiary/aromatic N) is 3. The molecule has 3 heterocycles. The summed E-state index contributed by atoms with van der Waals surface area (Å²) < 4.78 is 8.87. The molecule has 9 nitrogen and oxygen atoms in total. The molecule has 5 rings (SSSR count). The van der Waals surface area contributed by atoms with Gasteiger partial charge < -0.3 is 19.7 Å². The number of aliphatic hydroxyl groups excluding tert-OH is 1. The Labute approximate surface area is 210 Å². The summed E-state index contributed by atoms with van der Waals surface area (Å²) in [6.07, 6.45) is 3.97. The standard InChI is InChI=1S/C24H25ClN4O5S/c1-28-10-2-3-16(20(28)31)17-11-19(26-12-15-4-5-18(25)35-15)29(27-17)21(32)24(8-9-24)14-34-22(33)23(13-30)6-7-23/h2-5,10-11,26,30H,6-9,12-14H2,1H3. The van der Waals surface area contributed by atoms with Gasteiger partial charge in [-0.1, -0.05) is 11.6 Å². The Morgan fingerprint density at radius 3 is 2.60 bits per heavy atom. The Balaban J connectivity index is 1.42. The van der Waals surface area contributed by atoms with E-state index >= 15 is 0 Å². The molecule has 2 aliphatic rings. The second-order valence-electron chi connectivity index (χ2n) is 9.32. The van der Waals surface area contributed by atoms with Gasteiger partial charge in [0.05, 0.1) is 33.9 Å². The number of hydrogen-bond acceptors (Lipinski definition) is 8. The highest BCUT2D eigenvalue weighted by atomic mass is 35.5. The first kappa shape index (κ1) is 23.8. The molecule has 0 aliphatic heterocycles. The summed E-state index contributed by atoms with van der Waals surface area (Å²) in [4.78, 5) is 39.7. The summed E-state index contributed by atoms with van der Waals surface area (Å²) in [7, 11) is 1.65. The van der Waals surface area contributed by atoms with Crippen molar-refractivity contribution in [2.75, 3.05) is 18.5 Å². The van der Waals surface area contributed by atoms with E-state index in [1.807, 2.05) is 6.07 Å². The maximum Gasteiger partial charge on any atom is 0.314 e. The molecule has 2 saturated carbocycles. The van der Waals surface area contributed by atoms with Crippen LogP contribution < -0.4 is 10.9 Å². The maximum absolute atomic E-state index is 13.6. The molecule has 0 saturated heterocycles. The van der Waals surface area contributed by atoms with Crippen LogP contribution in [0.1, 0.15) is 35.4 Å². The van der Waals surface area contributed by atoms with Crippen molar-refractivity contribution < 1.29 is 19.4 Å². The van der Waals surface area contributed by atoms with E-state index in [0.29, 0.717) is 53.6 Å². The number of aliphatic hydroxyl groups is 1. The van der Waals surface area contributed by atoms with E-state index in [1.54, 1.807) is 37.5 Å². The van der Waals surface area contributed by atoms with Crippen molar-refractivity contribution in [3.8, 4) is 11.3 Å². The molecular formula is C24H25ClN4O5S. The zero-order valence-electron chi connectivity index (χ0n) is 19.1. The molecule has 0 spiro atoms. The summed E-state index contributed by atoms with van der Waals surface area (Å²) in [6, 6.07) is 8.79. The van der Waals surface area contributed by atoms with Gasteiger partial charge in [0.2, 0.25) is 0 Å². The Morgan fingerprint density at radius 2 is 1.97 bits per heavy atom. The molecule has 2 N–H and O–H groups in total. The lowest BCUT2D eigenvalue weighted by molar-refractivity contribution is -0.153. The van der Waals surface area contributed by atoms with Crippen LogP contribution in [0.4, 0.5) is 5.82 Å². The van der Waals surface area contributed by atoms with E-state index in [1.165, 1.54) is 20.6 Å². The third-order valence-electron chi connectivity index (χ3n) is 6.75. The maximum atomic E-state index is 13.6. The molecule has 0 radical (unpaired) electrons. The molecule has 2 fully saturated rings. The van der Waals surface area contributed by atoms with E-state index in [2.05, 4.69) is 10.4 Å². The quantitative estimate of drug-likeness (QED) is 0.419. The van der Waals surface area contributed by atoms with Crippen LogP contribution in [-0.2, 0) is 23.1 Å². The molecule has 0 unspecified atom stereocenters. The average Bonchev–Trinajstić information content (AvgIpc) is 3.75. The number of carbonyl (C=O) groups is 2. The number of pyridine rings is 1. The lowest BCUT2D eigenvalue weighted by Gasteiger charge is -2.18. The van der Waals surface area contributed by atoms with E-state index < -0.39 is 16.8 Å². The zero-order valence-corrected chi connectivity index (χ0v) is 20.7. The van der Waals surface area contributed by atoms with E-state index in [-0.39, 0.29) is 24.7 Å². The molecule has 11 heteroatoms. The van der Waals surface area contributed by atoms with E-state index in [9.17, 15) is 19.5 Å². The van der Waals surface area contributed by atoms with Crippen molar-refractivity contribution in [3.63, 3.8) is 0 Å². The minimum Gasteiger partial charge on any atom is -0.464 e. The van der Waals surface area contributed by atoms with Crippen molar-refractivity contribution >= 4 is 40.6 Å². The van der Waals surface area contributed by atoms with Crippen LogP contribution in [0, 0.1) is 10.8 Å². The summed E-state index contributed by atoms with van der Waals surface area (Å²) in [5.41, 5.74) is -1.15. The third kappa shape index (κ3) is 4.53. The number of hydrogen-bond donors (Lipinski definition) is 2. The number of esters is 1. The Hall–Kier alpha value is -2.95. The lowest BCUT2D eigenvalue weighted by atomic mass is 10.1. The fourth-order valence-electron chi connectivity index (χ4n) is 3.94. The second-order valence-corrected chi connectivity index (χ2v) is 11.1. The van der Waals surface area contributed by atoms with Gasteiger partial charge in [-0.05, 0) is 49.9 Å². The molecule has 0 amide bonds. The second kappa shape index (κ2) is 8.92. The Kier molecular flexibility index (Phi) is 6.06. The van der Waals surface area contributed by atoms with Gasteiger partial charge in [0.15, 0.2) is 0 Å². The Bertz CT molecular complexity index is 1350. The van der Waals surface area contributed by atoms with Crippen LogP contribution in [0.2, 0.25) is 4.34 Å². The summed E-state index contributed by atoms with van der Waals surface area (Å²) in [5, 5.41) is 17.2. The molecule has 2 aliphatic carbocycles. The molecular weight excluding hydrogens is 492 g/mol. The fourth-order valence-corrected chi connectivity index (χ4v) is 4.97. The van der Waals surface area contributed by atoms with Crippen LogP contribution in [0.25, 0.3) is 11.3 Å². The molecule has 0 bridgehead atoms. The molecule has 35 heavy (non-hydrogen) atoms. The van der Waals surface area contributed by atoms with Gasteiger partial charge in [-0.3, -0.25) is 14.4 Å². The van der Waals surface area contributed by atoms with Crippen LogP contribution in [0.15, 0.2) is 41.3 Å². The summed E-state index contributed by atoms with van der Waals surface area (Å²) >= 11 is 7.47. The van der Waals surface area contributed by atoms with Crippen LogP contribution in [0.3, 0.4) is 0 Å². The number of halogens is 1. The van der Waals surface area contributed by atoms with Crippen LogP contribution in [-0.4, -0.2) is 44.5 Å². The highest BCUT2D eigenvalue weighted by Crippen LogP contribution is 2.50. The summed E-state index contributed by atoms with van der Waals surface area (Å²) in [6.45, 7) is 0.112. The zero-order chi connectivity index (χ0) is 24.8. The molecule has 3 aromatic heterocycles. The highest BCUT2D eigenvalue weighted by Gasteiger charge is 2.55. The van der Waals surface area contributed by atoms with Crippen molar-refractivity contribution in [1.29, 1.82) is 0 Å². The third-order valence-corrected chi connectivity index (χ3v) is 7.98. The molecule has 3 aromatic rings. The Morgan fingerprint density at radius 1 is 1.23 bits per heavy atom. The smallest absolute Gasteiger partial charge is 0.314 e. The number of aryl methyl sites for hydroxylation is 1. The highest BCUT2D eigenvalue weighted by molar-refractivity contribution is 7.16. The van der Waals surface area contributed by atoms with Crippen molar-refractivity contribution in [1.82, 2.24) is 14.3 Å². The average molecular weight is 517 g/mol. The van der Waals surface area contributed by atoms with Gasteiger partial charge >= 0.3 is 5.97 Å². The van der Waals surface area contributed by atoms with Gasteiger partial charge in [0.1, 0.15) is 18.1 Å². The predicted octanol–water partition coefficient (Wildman–Crippen LogP) is 3.31. The normalized spacial score (nSPS) is 17.1. The number of anilines is 1. The topological polar surface area (TPSA) is 115 Å². The number of aromatic nitrogens is 3. The van der Waals surface area contributed by atoms with Gasteiger partial charge in [-0.2, -0.15) is 9.78 Å². The number of nitrogens with one attached hydrogen (secondary N) is 1. The first-order valence-electron chi connectivity index (χ1n) is 11.3.